The van der Waals surface area contributed by atoms with Crippen molar-refractivity contribution in [3.63, 3.8) is 0 Å². The fraction of sp³-hybridized carbons (Fsp3) is 0.176. The molecule has 4 heteroatoms. The Morgan fingerprint density at radius 2 is 1.52 bits per heavy atom. The van der Waals surface area contributed by atoms with Crippen LogP contribution in [0.15, 0.2) is 60.7 Å². The van der Waals surface area contributed by atoms with Crippen LogP contribution >= 0.6 is 0 Å². The average Bonchev–Trinajstić information content (AvgIpc) is 2.55. The highest BCUT2D eigenvalue weighted by Gasteiger charge is 2.18. The van der Waals surface area contributed by atoms with Gasteiger partial charge in [-0.3, -0.25) is 9.59 Å². The molecule has 0 aliphatic rings. The molecule has 0 aromatic heterocycles. The number of amides is 2. The fourth-order valence-corrected chi connectivity index (χ4v) is 2.06. The lowest BCUT2D eigenvalue weighted by molar-refractivity contribution is -0.121. The van der Waals surface area contributed by atoms with E-state index in [0.29, 0.717) is 5.56 Å². The maximum atomic E-state index is 12.3. The first-order valence-electron chi connectivity index (χ1n) is 6.82. The van der Waals surface area contributed by atoms with Gasteiger partial charge in [-0.15, -0.1) is 0 Å². The van der Waals surface area contributed by atoms with Gasteiger partial charge in [-0.1, -0.05) is 48.5 Å². The molecule has 2 rings (SSSR count). The van der Waals surface area contributed by atoms with Gasteiger partial charge < -0.3 is 10.6 Å². The average molecular weight is 282 g/mol. The molecule has 0 unspecified atom stereocenters. The molecule has 21 heavy (non-hydrogen) atoms. The van der Waals surface area contributed by atoms with E-state index in [1.54, 1.807) is 19.2 Å². The minimum atomic E-state index is -0.348. The summed E-state index contributed by atoms with van der Waals surface area (Å²) in [6.07, 6.45) is 0.207. The van der Waals surface area contributed by atoms with Crippen LogP contribution in [-0.4, -0.2) is 18.9 Å². The number of hydrogen-bond donors (Lipinski definition) is 2. The molecule has 0 spiro atoms. The lowest BCUT2D eigenvalue weighted by Crippen LogP contribution is -2.32. The summed E-state index contributed by atoms with van der Waals surface area (Å²) in [5.74, 6) is -0.300. The van der Waals surface area contributed by atoms with Crippen LogP contribution in [0.4, 0.5) is 0 Å². The summed E-state index contributed by atoms with van der Waals surface area (Å²) in [6.45, 7) is 0. The quantitative estimate of drug-likeness (QED) is 0.884. The van der Waals surface area contributed by atoms with E-state index in [-0.39, 0.29) is 24.3 Å². The molecule has 2 aromatic carbocycles. The second kappa shape index (κ2) is 7.24. The molecule has 0 bridgehead atoms. The van der Waals surface area contributed by atoms with Crippen LogP contribution in [0.5, 0.6) is 0 Å². The number of carbonyl (C=O) groups excluding carboxylic acids is 2. The van der Waals surface area contributed by atoms with Crippen LogP contribution in [0.25, 0.3) is 0 Å². The Morgan fingerprint density at radius 1 is 0.952 bits per heavy atom. The van der Waals surface area contributed by atoms with E-state index in [9.17, 15) is 9.59 Å². The van der Waals surface area contributed by atoms with Crippen LogP contribution in [0, 0.1) is 0 Å². The first-order valence-corrected chi connectivity index (χ1v) is 6.82. The number of carbonyl (C=O) groups is 2. The molecule has 0 fully saturated rings. The molecular weight excluding hydrogens is 264 g/mol. The van der Waals surface area contributed by atoms with Crippen molar-refractivity contribution >= 4 is 11.8 Å². The van der Waals surface area contributed by atoms with E-state index in [1.165, 1.54) is 0 Å². The van der Waals surface area contributed by atoms with Crippen LogP contribution in [-0.2, 0) is 4.79 Å². The molecular formula is C17H18N2O2. The fourth-order valence-electron chi connectivity index (χ4n) is 2.06. The SMILES string of the molecule is CNC(=O)C[C@H](NC(=O)c1ccccc1)c1ccccc1. The largest absolute Gasteiger partial charge is 0.359 e. The second-order valence-electron chi connectivity index (χ2n) is 4.68. The molecule has 2 N–H and O–H groups in total. The van der Waals surface area contributed by atoms with Crippen LogP contribution in [0.3, 0.4) is 0 Å². The van der Waals surface area contributed by atoms with E-state index in [4.69, 9.17) is 0 Å². The van der Waals surface area contributed by atoms with Crippen LogP contribution < -0.4 is 10.6 Å². The van der Waals surface area contributed by atoms with Crippen LogP contribution in [0.2, 0.25) is 0 Å². The van der Waals surface area contributed by atoms with Gasteiger partial charge in [-0.2, -0.15) is 0 Å². The van der Waals surface area contributed by atoms with Crippen LogP contribution in [0.1, 0.15) is 28.4 Å². The van der Waals surface area contributed by atoms with E-state index in [2.05, 4.69) is 10.6 Å². The number of nitrogens with one attached hydrogen (secondary N) is 2. The molecule has 0 heterocycles. The van der Waals surface area contributed by atoms with Crippen molar-refractivity contribution < 1.29 is 9.59 Å². The zero-order chi connectivity index (χ0) is 15.1. The molecule has 2 aromatic rings. The number of hydrogen-bond acceptors (Lipinski definition) is 2. The summed E-state index contributed by atoms with van der Waals surface area (Å²) < 4.78 is 0. The first-order chi connectivity index (χ1) is 10.2. The van der Waals surface area contributed by atoms with Gasteiger partial charge in [0, 0.05) is 12.6 Å². The lowest BCUT2D eigenvalue weighted by atomic mass is 10.0. The van der Waals surface area contributed by atoms with Gasteiger partial charge in [0.1, 0.15) is 0 Å². The summed E-state index contributed by atoms with van der Waals surface area (Å²) in [5.41, 5.74) is 1.49. The van der Waals surface area contributed by atoms with Gasteiger partial charge in [-0.25, -0.2) is 0 Å². The van der Waals surface area contributed by atoms with Gasteiger partial charge in [0.15, 0.2) is 0 Å². The maximum absolute atomic E-state index is 12.3. The van der Waals surface area contributed by atoms with Crippen molar-refractivity contribution in [1.29, 1.82) is 0 Å². The summed E-state index contributed by atoms with van der Waals surface area (Å²) >= 11 is 0. The van der Waals surface area contributed by atoms with E-state index in [0.717, 1.165) is 5.56 Å². The molecule has 4 nitrogen and oxygen atoms in total. The summed E-state index contributed by atoms with van der Waals surface area (Å²) in [6, 6.07) is 18.1. The normalized spacial score (nSPS) is 11.5. The monoisotopic (exact) mass is 282 g/mol. The molecule has 1 atom stereocenters. The zero-order valence-corrected chi connectivity index (χ0v) is 11.9. The van der Waals surface area contributed by atoms with Crippen molar-refractivity contribution in [2.75, 3.05) is 7.05 Å². The third kappa shape index (κ3) is 4.18. The Morgan fingerprint density at radius 3 is 2.10 bits per heavy atom. The van der Waals surface area contributed by atoms with Crippen molar-refractivity contribution in [3.05, 3.63) is 71.8 Å². The minimum Gasteiger partial charge on any atom is -0.359 e. The predicted octanol–water partition coefficient (Wildman–Crippen LogP) is 2.29. The van der Waals surface area contributed by atoms with Gasteiger partial charge in [0.25, 0.3) is 5.91 Å². The zero-order valence-electron chi connectivity index (χ0n) is 11.9. The minimum absolute atomic E-state index is 0.114. The standard InChI is InChI=1S/C17H18N2O2/c1-18-16(20)12-15(13-8-4-2-5-9-13)19-17(21)14-10-6-3-7-11-14/h2-11,15H,12H2,1H3,(H,18,20)(H,19,21)/t15-/m0/s1. The molecule has 0 saturated carbocycles. The van der Waals surface area contributed by atoms with E-state index < -0.39 is 0 Å². The Hall–Kier alpha value is -2.62. The third-order valence-corrected chi connectivity index (χ3v) is 3.21. The topological polar surface area (TPSA) is 58.2 Å². The van der Waals surface area contributed by atoms with E-state index >= 15 is 0 Å². The Balaban J connectivity index is 2.16. The molecule has 2 amide bonds. The van der Waals surface area contributed by atoms with Crippen molar-refractivity contribution in [3.8, 4) is 0 Å². The number of rotatable bonds is 5. The molecule has 0 radical (unpaired) electrons. The summed E-state index contributed by atoms with van der Waals surface area (Å²) in [5, 5.41) is 5.50. The molecule has 0 aliphatic heterocycles. The highest BCUT2D eigenvalue weighted by molar-refractivity contribution is 5.94. The molecule has 108 valence electrons. The smallest absolute Gasteiger partial charge is 0.251 e. The van der Waals surface area contributed by atoms with Gasteiger partial charge >= 0.3 is 0 Å². The Labute approximate surface area is 124 Å². The van der Waals surface area contributed by atoms with Gasteiger partial charge in [0.05, 0.1) is 12.5 Å². The predicted molar refractivity (Wildman–Crippen MR) is 81.8 cm³/mol. The molecule has 0 saturated heterocycles. The summed E-state index contributed by atoms with van der Waals surface area (Å²) in [7, 11) is 1.59. The van der Waals surface area contributed by atoms with Crippen molar-refractivity contribution in [2.24, 2.45) is 0 Å². The highest BCUT2D eigenvalue weighted by Crippen LogP contribution is 2.17. The van der Waals surface area contributed by atoms with Crippen molar-refractivity contribution in [2.45, 2.75) is 12.5 Å². The molecule has 0 aliphatic carbocycles. The summed E-state index contributed by atoms with van der Waals surface area (Å²) in [4.78, 5) is 23.9. The first kappa shape index (κ1) is 14.8. The lowest BCUT2D eigenvalue weighted by Gasteiger charge is -2.18. The van der Waals surface area contributed by atoms with Crippen molar-refractivity contribution in [1.82, 2.24) is 10.6 Å². The number of benzene rings is 2. The maximum Gasteiger partial charge on any atom is 0.251 e. The van der Waals surface area contributed by atoms with Gasteiger partial charge in [-0.05, 0) is 17.7 Å². The second-order valence-corrected chi connectivity index (χ2v) is 4.68. The van der Waals surface area contributed by atoms with Gasteiger partial charge in [0.2, 0.25) is 5.91 Å². The third-order valence-electron chi connectivity index (χ3n) is 3.21. The Bertz CT molecular complexity index is 597. The Kier molecular flexibility index (Phi) is 5.10. The highest BCUT2D eigenvalue weighted by atomic mass is 16.2. The van der Waals surface area contributed by atoms with E-state index in [1.807, 2.05) is 48.5 Å².